The van der Waals surface area contributed by atoms with Gasteiger partial charge < -0.3 is 4.74 Å². The van der Waals surface area contributed by atoms with E-state index in [1.807, 2.05) is 0 Å². The number of alkyl halides is 20. The molecule has 0 N–H and O–H groups in total. The molecule has 0 fully saturated rings. The molecular formula is C14H10F20O. The molecule has 0 aromatic carbocycles. The quantitative estimate of drug-likeness (QED) is 0.165. The second-order valence-electron chi connectivity index (χ2n) is 6.75. The second kappa shape index (κ2) is 9.14. The Hall–Kier alpha value is -1.44. The molecule has 0 radical (unpaired) electrons. The predicted octanol–water partition coefficient (Wildman–Crippen LogP) is 7.40. The van der Waals surface area contributed by atoms with Crippen molar-refractivity contribution in [1.82, 2.24) is 0 Å². The summed E-state index contributed by atoms with van der Waals surface area (Å²) in [5.41, 5.74) is 0. The molecule has 0 aliphatic carbocycles. The van der Waals surface area contributed by atoms with Gasteiger partial charge in [0.05, 0.1) is 0 Å². The summed E-state index contributed by atoms with van der Waals surface area (Å²) in [7, 11) is 0.704. The Balaban J connectivity index is 6.81. The summed E-state index contributed by atoms with van der Waals surface area (Å²) in [6, 6.07) is 0. The van der Waals surface area contributed by atoms with Crippen molar-refractivity contribution in [2.24, 2.45) is 0 Å². The van der Waals surface area contributed by atoms with Gasteiger partial charge in [-0.2, -0.15) is 79.0 Å². The first-order valence-electron chi connectivity index (χ1n) is 8.18. The van der Waals surface area contributed by atoms with E-state index < -0.39 is 79.2 Å². The summed E-state index contributed by atoms with van der Waals surface area (Å²) in [6.07, 6.45) is -10.1. The lowest BCUT2D eigenvalue weighted by Crippen LogP contribution is -2.76. The van der Waals surface area contributed by atoms with Crippen molar-refractivity contribution in [1.29, 1.82) is 0 Å². The highest BCUT2D eigenvalue weighted by molar-refractivity contribution is 5.17. The van der Waals surface area contributed by atoms with E-state index in [4.69, 9.17) is 0 Å². The average Bonchev–Trinajstić information content (AvgIpc) is 2.66. The molecule has 0 aromatic heterocycles. The molecule has 0 spiro atoms. The fraction of sp³-hybridized carbons (Fsp3) is 1.00. The maximum atomic E-state index is 13.5. The minimum Gasteiger partial charge on any atom is -0.385 e. The van der Waals surface area contributed by atoms with Gasteiger partial charge in [0.2, 0.25) is 0 Å². The van der Waals surface area contributed by atoms with Crippen LogP contribution in [0.2, 0.25) is 0 Å². The lowest BCUT2D eigenvalue weighted by molar-refractivity contribution is -0.465. The zero-order chi connectivity index (χ0) is 28.9. The fourth-order valence-electron chi connectivity index (χ4n) is 2.16. The van der Waals surface area contributed by atoms with Crippen molar-refractivity contribution in [2.75, 3.05) is 13.7 Å². The molecule has 0 rings (SSSR count). The molecule has 0 unspecified atom stereocenters. The van der Waals surface area contributed by atoms with Gasteiger partial charge in [0, 0.05) is 20.1 Å². The van der Waals surface area contributed by atoms with Crippen LogP contribution in [-0.4, -0.2) is 73.4 Å². The molecule has 0 saturated carbocycles. The highest BCUT2D eigenvalue weighted by Crippen LogP contribution is 2.65. The SMILES string of the molecule is COCCCC(F)(F)C(F)(F)C(F)(F)C(F)(F)C(F)(F)C(F)(F)C(F)(F)C(F)(F)C(F)(F)C(F)F. The zero-order valence-electron chi connectivity index (χ0n) is 16.2. The van der Waals surface area contributed by atoms with Crippen molar-refractivity contribution >= 4 is 0 Å². The Morgan fingerprint density at radius 3 is 1.06 bits per heavy atom. The number of hydrogen-bond acceptors (Lipinski definition) is 1. The summed E-state index contributed by atoms with van der Waals surface area (Å²) >= 11 is 0. The lowest BCUT2D eigenvalue weighted by Gasteiger charge is -2.44. The van der Waals surface area contributed by atoms with E-state index >= 15 is 0 Å². The first-order chi connectivity index (χ1) is 15.0. The molecule has 212 valence electrons. The van der Waals surface area contributed by atoms with E-state index in [1.165, 1.54) is 0 Å². The topological polar surface area (TPSA) is 9.23 Å². The number of halogens is 20. The van der Waals surface area contributed by atoms with Crippen molar-refractivity contribution in [3.63, 3.8) is 0 Å². The largest absolute Gasteiger partial charge is 0.385 e. The van der Waals surface area contributed by atoms with E-state index in [1.54, 1.807) is 0 Å². The van der Waals surface area contributed by atoms with Crippen molar-refractivity contribution in [3.8, 4) is 0 Å². The first-order valence-corrected chi connectivity index (χ1v) is 8.18. The standard InChI is InChI=1S/C14H10F20O/c1-35-4-2-3-6(17,18)8(21,22)10(25,26)12(29,30)14(33,34)13(31,32)11(27,28)9(23,24)7(19,20)5(15)16/h5H,2-4H2,1H3. The molecule has 1 nitrogen and oxygen atoms in total. The molecule has 21 heteroatoms. The monoisotopic (exact) mass is 574 g/mol. The predicted molar refractivity (Wildman–Crippen MR) is 71.6 cm³/mol. The van der Waals surface area contributed by atoms with E-state index in [-0.39, 0.29) is 0 Å². The van der Waals surface area contributed by atoms with Crippen LogP contribution in [0.4, 0.5) is 87.8 Å². The van der Waals surface area contributed by atoms with Crippen LogP contribution in [-0.2, 0) is 4.74 Å². The number of rotatable bonds is 13. The molecule has 0 aromatic rings. The molecule has 35 heavy (non-hydrogen) atoms. The van der Waals surface area contributed by atoms with Gasteiger partial charge in [-0.3, -0.25) is 0 Å². The Morgan fingerprint density at radius 1 is 0.486 bits per heavy atom. The summed E-state index contributed by atoms with van der Waals surface area (Å²) in [5, 5.41) is 0. The second-order valence-corrected chi connectivity index (χ2v) is 6.75. The van der Waals surface area contributed by atoms with Gasteiger partial charge in [-0.15, -0.1) is 0 Å². The van der Waals surface area contributed by atoms with Crippen molar-refractivity contribution in [2.45, 2.75) is 72.6 Å². The molecule has 0 bridgehead atoms. The van der Waals surface area contributed by atoms with Crippen LogP contribution in [0.1, 0.15) is 12.8 Å². The molecular weight excluding hydrogens is 564 g/mol. The first kappa shape index (κ1) is 33.6. The highest BCUT2D eigenvalue weighted by atomic mass is 19.4. The number of ether oxygens (including phenoxy) is 1. The van der Waals surface area contributed by atoms with E-state index in [0.29, 0.717) is 7.11 Å². The number of methoxy groups -OCH3 is 1. The van der Waals surface area contributed by atoms with Crippen LogP contribution >= 0.6 is 0 Å². The summed E-state index contributed by atoms with van der Waals surface area (Å²) < 4.78 is 267. The maximum Gasteiger partial charge on any atom is 0.385 e. The molecule has 0 aliphatic heterocycles. The zero-order valence-corrected chi connectivity index (χ0v) is 16.2. The normalized spacial score (nSPS) is 16.3. The molecule has 0 heterocycles. The van der Waals surface area contributed by atoms with Gasteiger partial charge in [-0.05, 0) is 6.42 Å². The van der Waals surface area contributed by atoms with Gasteiger partial charge in [0.15, 0.2) is 0 Å². The minimum atomic E-state index is -8.97. The Bertz CT molecular complexity index is 725. The van der Waals surface area contributed by atoms with Crippen LogP contribution < -0.4 is 0 Å². The van der Waals surface area contributed by atoms with Crippen LogP contribution in [0.5, 0.6) is 0 Å². The third-order valence-electron chi connectivity index (χ3n) is 4.36. The van der Waals surface area contributed by atoms with Crippen LogP contribution in [0.15, 0.2) is 0 Å². The highest BCUT2D eigenvalue weighted by Gasteiger charge is 2.96. The summed E-state index contributed by atoms with van der Waals surface area (Å²) in [6.45, 7) is -0.985. The van der Waals surface area contributed by atoms with E-state index in [0.717, 1.165) is 0 Å². The summed E-state index contributed by atoms with van der Waals surface area (Å²) in [5.74, 6) is -74.5. The van der Waals surface area contributed by atoms with Crippen molar-refractivity contribution < 1.29 is 92.5 Å². The fourth-order valence-corrected chi connectivity index (χ4v) is 2.16. The Morgan fingerprint density at radius 2 is 0.771 bits per heavy atom. The van der Waals surface area contributed by atoms with Crippen LogP contribution in [0.3, 0.4) is 0 Å². The Labute approximate surface area is 180 Å². The average molecular weight is 574 g/mol. The molecule has 0 aliphatic rings. The minimum absolute atomic E-state index is 0.704. The molecule has 0 amide bonds. The van der Waals surface area contributed by atoms with Crippen LogP contribution in [0, 0.1) is 0 Å². The van der Waals surface area contributed by atoms with E-state index in [9.17, 15) is 87.8 Å². The third-order valence-corrected chi connectivity index (χ3v) is 4.36. The Kier molecular flexibility index (Phi) is 8.77. The van der Waals surface area contributed by atoms with Gasteiger partial charge in [-0.1, -0.05) is 0 Å². The molecule has 0 atom stereocenters. The van der Waals surface area contributed by atoms with Gasteiger partial charge in [0.25, 0.3) is 0 Å². The van der Waals surface area contributed by atoms with Gasteiger partial charge in [-0.25, -0.2) is 8.78 Å². The lowest BCUT2D eigenvalue weighted by atomic mass is 9.86. The van der Waals surface area contributed by atoms with Crippen molar-refractivity contribution in [3.05, 3.63) is 0 Å². The summed E-state index contributed by atoms with van der Waals surface area (Å²) in [4.78, 5) is 0. The van der Waals surface area contributed by atoms with E-state index in [2.05, 4.69) is 4.74 Å². The molecule has 0 saturated heterocycles. The third kappa shape index (κ3) is 4.46. The maximum absolute atomic E-state index is 13.5. The number of hydrogen-bond donors (Lipinski definition) is 0. The van der Waals surface area contributed by atoms with Gasteiger partial charge in [0.1, 0.15) is 0 Å². The van der Waals surface area contributed by atoms with Crippen LogP contribution in [0.25, 0.3) is 0 Å². The van der Waals surface area contributed by atoms with Gasteiger partial charge >= 0.3 is 59.7 Å². The smallest absolute Gasteiger partial charge is 0.385 e.